The largest absolute Gasteiger partial charge is 0.491 e. The van der Waals surface area contributed by atoms with Crippen molar-refractivity contribution < 1.29 is 38.0 Å². The molecule has 0 saturated heterocycles. The standard InChI is InChI=1S/C22H35NO8/c1-22(2,3)31-21(25)23-19(20(24)27-5)16-17-6-8-18(9-7-17)30-15-14-29-13-12-28-11-10-26-4/h6-9,19H,10-16H2,1-5H3,(H,23,25). The monoisotopic (exact) mass is 441 g/mol. The number of amides is 1. The zero-order chi connectivity index (χ0) is 23.1. The van der Waals surface area contributed by atoms with Crippen LogP contribution in [0.4, 0.5) is 4.79 Å². The molecule has 0 radical (unpaired) electrons. The van der Waals surface area contributed by atoms with Crippen LogP contribution < -0.4 is 10.1 Å². The molecular formula is C22H35NO8. The normalized spacial score (nSPS) is 12.2. The fourth-order valence-corrected chi connectivity index (χ4v) is 2.43. The smallest absolute Gasteiger partial charge is 0.408 e. The van der Waals surface area contributed by atoms with Crippen LogP contribution in [0.1, 0.15) is 26.3 Å². The molecular weight excluding hydrogens is 406 g/mol. The average molecular weight is 442 g/mol. The molecule has 0 aliphatic heterocycles. The topological polar surface area (TPSA) is 102 Å². The van der Waals surface area contributed by atoms with Gasteiger partial charge in [0.1, 0.15) is 24.0 Å². The zero-order valence-electron chi connectivity index (χ0n) is 19.1. The van der Waals surface area contributed by atoms with Gasteiger partial charge >= 0.3 is 12.1 Å². The van der Waals surface area contributed by atoms with Crippen LogP contribution in [0.5, 0.6) is 5.75 Å². The molecule has 0 spiro atoms. The minimum atomic E-state index is -0.855. The first-order valence-corrected chi connectivity index (χ1v) is 10.2. The summed E-state index contributed by atoms with van der Waals surface area (Å²) >= 11 is 0. The molecule has 1 aromatic rings. The molecule has 0 fully saturated rings. The number of ether oxygens (including phenoxy) is 6. The van der Waals surface area contributed by atoms with Crippen LogP contribution in [0.25, 0.3) is 0 Å². The van der Waals surface area contributed by atoms with Gasteiger partial charge in [-0.2, -0.15) is 0 Å². The highest BCUT2D eigenvalue weighted by molar-refractivity contribution is 5.81. The van der Waals surface area contributed by atoms with Crippen molar-refractivity contribution in [3.63, 3.8) is 0 Å². The molecule has 1 atom stereocenters. The van der Waals surface area contributed by atoms with Gasteiger partial charge in [0.2, 0.25) is 0 Å². The van der Waals surface area contributed by atoms with E-state index in [0.717, 1.165) is 5.56 Å². The number of rotatable bonds is 14. The minimum absolute atomic E-state index is 0.262. The van der Waals surface area contributed by atoms with E-state index in [9.17, 15) is 9.59 Å². The van der Waals surface area contributed by atoms with Gasteiger partial charge in [0.05, 0.1) is 40.1 Å². The number of carbonyl (C=O) groups is 2. The van der Waals surface area contributed by atoms with Gasteiger partial charge in [-0.25, -0.2) is 9.59 Å². The summed E-state index contributed by atoms with van der Waals surface area (Å²) in [6.07, 6.45) is -0.412. The van der Waals surface area contributed by atoms with Gasteiger partial charge in [0.15, 0.2) is 0 Å². The molecule has 9 nitrogen and oxygen atoms in total. The Bertz CT molecular complexity index is 642. The average Bonchev–Trinajstić information content (AvgIpc) is 2.71. The van der Waals surface area contributed by atoms with Gasteiger partial charge in [-0.05, 0) is 38.5 Å². The maximum atomic E-state index is 12.0. The van der Waals surface area contributed by atoms with Crippen LogP contribution in [-0.4, -0.2) is 77.6 Å². The number of hydrogen-bond acceptors (Lipinski definition) is 8. The van der Waals surface area contributed by atoms with Gasteiger partial charge in [0.25, 0.3) is 0 Å². The first kappa shape index (κ1) is 26.7. The molecule has 176 valence electrons. The van der Waals surface area contributed by atoms with Crippen molar-refractivity contribution in [1.29, 1.82) is 0 Å². The maximum absolute atomic E-state index is 12.0. The van der Waals surface area contributed by atoms with Crippen LogP contribution in [0.15, 0.2) is 24.3 Å². The van der Waals surface area contributed by atoms with Gasteiger partial charge in [-0.15, -0.1) is 0 Å². The van der Waals surface area contributed by atoms with Gasteiger partial charge < -0.3 is 33.7 Å². The predicted molar refractivity (Wildman–Crippen MR) is 114 cm³/mol. The molecule has 0 bridgehead atoms. The second kappa shape index (κ2) is 14.6. The third-order valence-corrected chi connectivity index (χ3v) is 3.84. The molecule has 31 heavy (non-hydrogen) atoms. The zero-order valence-corrected chi connectivity index (χ0v) is 19.1. The number of alkyl carbamates (subject to hydrolysis) is 1. The molecule has 0 heterocycles. The van der Waals surface area contributed by atoms with Crippen molar-refractivity contribution >= 4 is 12.1 Å². The summed E-state index contributed by atoms with van der Waals surface area (Å²) in [5, 5.41) is 2.56. The second-order valence-corrected chi connectivity index (χ2v) is 7.64. The van der Waals surface area contributed by atoms with E-state index in [-0.39, 0.29) is 6.42 Å². The lowest BCUT2D eigenvalue weighted by molar-refractivity contribution is -0.143. The number of methoxy groups -OCH3 is 2. The van der Waals surface area contributed by atoms with Crippen molar-refractivity contribution in [2.75, 3.05) is 53.9 Å². The first-order chi connectivity index (χ1) is 14.7. The molecule has 1 unspecified atom stereocenters. The molecule has 0 aliphatic rings. The number of esters is 1. The summed E-state index contributed by atoms with van der Waals surface area (Å²) in [6.45, 7) is 8.22. The summed E-state index contributed by atoms with van der Waals surface area (Å²) in [4.78, 5) is 24.0. The summed E-state index contributed by atoms with van der Waals surface area (Å²) < 4.78 is 31.2. The molecule has 0 aromatic heterocycles. The van der Waals surface area contributed by atoms with E-state index in [1.807, 2.05) is 12.1 Å². The van der Waals surface area contributed by atoms with E-state index in [4.69, 9.17) is 28.4 Å². The van der Waals surface area contributed by atoms with Gasteiger partial charge in [-0.3, -0.25) is 0 Å². The highest BCUT2D eigenvalue weighted by atomic mass is 16.6. The summed E-state index contributed by atoms with van der Waals surface area (Å²) in [7, 11) is 2.90. The number of nitrogens with one attached hydrogen (secondary N) is 1. The Kier molecular flexibility index (Phi) is 12.6. The van der Waals surface area contributed by atoms with Crippen LogP contribution in [0.2, 0.25) is 0 Å². The van der Waals surface area contributed by atoms with E-state index in [0.29, 0.717) is 45.4 Å². The summed E-state index contributed by atoms with van der Waals surface area (Å²) in [5.41, 5.74) is 0.174. The third kappa shape index (κ3) is 12.8. The molecule has 1 rings (SSSR count). The second-order valence-electron chi connectivity index (χ2n) is 7.64. The van der Waals surface area contributed by atoms with Gasteiger partial charge in [0, 0.05) is 13.5 Å². The van der Waals surface area contributed by atoms with Crippen LogP contribution in [0, 0.1) is 0 Å². The molecule has 1 amide bonds. The highest BCUT2D eigenvalue weighted by Gasteiger charge is 2.25. The van der Waals surface area contributed by atoms with E-state index in [1.165, 1.54) is 7.11 Å². The highest BCUT2D eigenvalue weighted by Crippen LogP contribution is 2.14. The summed E-state index contributed by atoms with van der Waals surface area (Å²) in [6, 6.07) is 6.39. The lowest BCUT2D eigenvalue weighted by Gasteiger charge is -2.22. The third-order valence-electron chi connectivity index (χ3n) is 3.84. The molecule has 9 heteroatoms. The maximum Gasteiger partial charge on any atom is 0.408 e. The Morgan fingerprint density at radius 2 is 1.48 bits per heavy atom. The van der Waals surface area contributed by atoms with E-state index >= 15 is 0 Å². The Morgan fingerprint density at radius 1 is 0.903 bits per heavy atom. The lowest BCUT2D eigenvalue weighted by Crippen LogP contribution is -2.45. The first-order valence-electron chi connectivity index (χ1n) is 10.2. The molecule has 1 N–H and O–H groups in total. The lowest BCUT2D eigenvalue weighted by atomic mass is 10.1. The number of benzene rings is 1. The molecule has 0 saturated carbocycles. The Balaban J connectivity index is 2.40. The fourth-order valence-electron chi connectivity index (χ4n) is 2.43. The Morgan fingerprint density at radius 3 is 2.03 bits per heavy atom. The Hall–Kier alpha value is -2.36. The van der Waals surface area contributed by atoms with Crippen molar-refractivity contribution in [2.45, 2.75) is 38.8 Å². The fraction of sp³-hybridized carbons (Fsp3) is 0.636. The van der Waals surface area contributed by atoms with Gasteiger partial charge in [-0.1, -0.05) is 12.1 Å². The minimum Gasteiger partial charge on any atom is -0.491 e. The van der Waals surface area contributed by atoms with E-state index < -0.39 is 23.7 Å². The van der Waals surface area contributed by atoms with Crippen molar-refractivity contribution in [3.05, 3.63) is 29.8 Å². The van der Waals surface area contributed by atoms with Crippen LogP contribution in [0.3, 0.4) is 0 Å². The molecule has 0 aliphatic carbocycles. The number of carbonyl (C=O) groups excluding carboxylic acids is 2. The molecule has 1 aromatic carbocycles. The quantitative estimate of drug-likeness (QED) is 0.347. The SMILES string of the molecule is COCCOCCOCCOc1ccc(CC(NC(=O)OC(C)(C)C)C(=O)OC)cc1. The predicted octanol–water partition coefficient (Wildman–Crippen LogP) is 2.35. The van der Waals surface area contributed by atoms with Crippen molar-refractivity contribution in [2.24, 2.45) is 0 Å². The van der Waals surface area contributed by atoms with E-state index in [2.05, 4.69) is 5.32 Å². The van der Waals surface area contributed by atoms with Crippen LogP contribution in [-0.2, 0) is 34.9 Å². The van der Waals surface area contributed by atoms with Crippen molar-refractivity contribution in [1.82, 2.24) is 5.32 Å². The van der Waals surface area contributed by atoms with E-state index in [1.54, 1.807) is 40.0 Å². The number of hydrogen-bond donors (Lipinski definition) is 1. The van der Waals surface area contributed by atoms with Crippen LogP contribution >= 0.6 is 0 Å². The summed E-state index contributed by atoms with van der Waals surface area (Å²) in [5.74, 6) is 0.132. The Labute approximate surface area is 184 Å². The van der Waals surface area contributed by atoms with Crippen molar-refractivity contribution in [3.8, 4) is 5.75 Å².